The summed E-state index contributed by atoms with van der Waals surface area (Å²) in [6.45, 7) is 4.95. The van der Waals surface area contributed by atoms with Gasteiger partial charge in [0.15, 0.2) is 5.11 Å². The van der Waals surface area contributed by atoms with E-state index >= 15 is 0 Å². The number of carbonyl (C=O) groups is 1. The Morgan fingerprint density at radius 3 is 2.65 bits per heavy atom. The van der Waals surface area contributed by atoms with Gasteiger partial charge in [0.25, 0.3) is 5.91 Å². The number of halogens is 2. The second kappa shape index (κ2) is 9.76. The quantitative estimate of drug-likeness (QED) is 0.613. The summed E-state index contributed by atoms with van der Waals surface area (Å²) in [7, 11) is 0. The summed E-state index contributed by atoms with van der Waals surface area (Å²) in [5, 5.41) is 6.45. The zero-order valence-corrected chi connectivity index (χ0v) is 16.8. The van der Waals surface area contributed by atoms with Crippen LogP contribution >= 0.6 is 35.4 Å². The van der Waals surface area contributed by atoms with E-state index in [0.29, 0.717) is 23.1 Å². The predicted molar refractivity (Wildman–Crippen MR) is 112 cm³/mol. The average molecular weight is 411 g/mol. The summed E-state index contributed by atoms with van der Waals surface area (Å²) >= 11 is 17.1. The first kappa shape index (κ1) is 20.5. The highest BCUT2D eigenvalue weighted by Gasteiger charge is 2.12. The van der Waals surface area contributed by atoms with Crippen LogP contribution in [0.1, 0.15) is 30.6 Å². The van der Waals surface area contributed by atoms with Crippen LogP contribution in [0.3, 0.4) is 0 Å². The maximum absolute atomic E-state index is 12.3. The van der Waals surface area contributed by atoms with Crippen molar-refractivity contribution in [3.63, 3.8) is 0 Å². The summed E-state index contributed by atoms with van der Waals surface area (Å²) in [5.74, 6) is 0.915. The monoisotopic (exact) mass is 410 g/mol. The van der Waals surface area contributed by atoms with Crippen molar-refractivity contribution in [3.8, 4) is 5.75 Å². The number of amides is 1. The van der Waals surface area contributed by atoms with Crippen LogP contribution in [0.5, 0.6) is 5.75 Å². The molecule has 0 unspecified atom stereocenters. The molecule has 4 nitrogen and oxygen atoms in total. The van der Waals surface area contributed by atoms with Gasteiger partial charge in [-0.1, -0.05) is 43.1 Å². The van der Waals surface area contributed by atoms with E-state index in [2.05, 4.69) is 24.5 Å². The van der Waals surface area contributed by atoms with E-state index in [4.69, 9.17) is 40.2 Å². The fourth-order valence-corrected chi connectivity index (χ4v) is 2.79. The molecule has 0 heterocycles. The largest absolute Gasteiger partial charge is 0.494 e. The minimum Gasteiger partial charge on any atom is -0.494 e. The van der Waals surface area contributed by atoms with Crippen LogP contribution in [0.4, 0.5) is 5.69 Å². The number of rotatable bonds is 6. The van der Waals surface area contributed by atoms with Crippen LogP contribution in [0.2, 0.25) is 10.0 Å². The fourth-order valence-electron chi connectivity index (χ4n) is 2.08. The summed E-state index contributed by atoms with van der Waals surface area (Å²) in [6.07, 6.45) is 0.980. The summed E-state index contributed by atoms with van der Waals surface area (Å²) in [4.78, 5) is 12.3. The zero-order valence-electron chi connectivity index (χ0n) is 14.5. The standard InChI is InChI=1S/C19H20Cl2N2O2S/c1-12(2)8-9-25-15-5-3-4-14(11-15)22-19(26)23-18(24)16-7-6-13(20)10-17(16)21/h3-7,10-12H,8-9H2,1-2H3,(H2,22,23,24,26). The molecule has 1 amide bonds. The highest BCUT2D eigenvalue weighted by atomic mass is 35.5. The van der Waals surface area contributed by atoms with Crippen molar-refractivity contribution < 1.29 is 9.53 Å². The molecule has 2 aromatic rings. The second-order valence-electron chi connectivity index (χ2n) is 6.09. The van der Waals surface area contributed by atoms with E-state index in [9.17, 15) is 4.79 Å². The molecule has 0 saturated carbocycles. The van der Waals surface area contributed by atoms with Crippen LogP contribution < -0.4 is 15.4 Å². The van der Waals surface area contributed by atoms with Gasteiger partial charge in [-0.2, -0.15) is 0 Å². The van der Waals surface area contributed by atoms with Gasteiger partial charge in [-0.25, -0.2) is 0 Å². The first-order valence-corrected chi connectivity index (χ1v) is 9.32. The minimum atomic E-state index is -0.409. The summed E-state index contributed by atoms with van der Waals surface area (Å²) in [5.41, 5.74) is 1.02. The zero-order chi connectivity index (χ0) is 19.1. The molecule has 0 aliphatic heterocycles. The molecule has 0 radical (unpaired) electrons. The molecule has 2 rings (SSSR count). The molecule has 138 valence electrons. The van der Waals surface area contributed by atoms with Crippen molar-refractivity contribution in [2.75, 3.05) is 11.9 Å². The Morgan fingerprint density at radius 2 is 1.96 bits per heavy atom. The summed E-state index contributed by atoms with van der Waals surface area (Å²) < 4.78 is 5.72. The molecule has 0 aromatic heterocycles. The van der Waals surface area contributed by atoms with Crippen LogP contribution in [-0.4, -0.2) is 17.6 Å². The predicted octanol–water partition coefficient (Wildman–Crippen LogP) is 5.55. The van der Waals surface area contributed by atoms with E-state index in [1.54, 1.807) is 12.1 Å². The summed E-state index contributed by atoms with van der Waals surface area (Å²) in [6, 6.07) is 12.0. The molecule has 2 N–H and O–H groups in total. The van der Waals surface area contributed by atoms with Gasteiger partial charge in [-0.05, 0) is 54.9 Å². The third kappa shape index (κ3) is 6.48. The number of ether oxygens (including phenoxy) is 1. The van der Waals surface area contributed by atoms with Crippen molar-refractivity contribution in [2.45, 2.75) is 20.3 Å². The highest BCUT2D eigenvalue weighted by Crippen LogP contribution is 2.21. The van der Waals surface area contributed by atoms with Crippen molar-refractivity contribution >= 4 is 52.1 Å². The topological polar surface area (TPSA) is 50.4 Å². The van der Waals surface area contributed by atoms with Crippen molar-refractivity contribution in [3.05, 3.63) is 58.1 Å². The Kier molecular flexibility index (Phi) is 7.69. The van der Waals surface area contributed by atoms with E-state index < -0.39 is 5.91 Å². The molecule has 0 aliphatic carbocycles. The van der Waals surface area contributed by atoms with E-state index in [0.717, 1.165) is 17.9 Å². The van der Waals surface area contributed by atoms with E-state index in [1.165, 1.54) is 6.07 Å². The average Bonchev–Trinajstić information content (AvgIpc) is 2.54. The molecule has 2 aromatic carbocycles. The number of thiocarbonyl (C=S) groups is 1. The number of hydrogen-bond donors (Lipinski definition) is 2. The van der Waals surface area contributed by atoms with Crippen LogP contribution in [-0.2, 0) is 0 Å². The number of anilines is 1. The lowest BCUT2D eigenvalue weighted by atomic mass is 10.1. The van der Waals surface area contributed by atoms with Gasteiger partial charge in [0, 0.05) is 16.8 Å². The van der Waals surface area contributed by atoms with Crippen molar-refractivity contribution in [2.24, 2.45) is 5.92 Å². The Labute approximate surface area is 168 Å². The Morgan fingerprint density at radius 1 is 1.19 bits per heavy atom. The van der Waals surface area contributed by atoms with Gasteiger partial charge in [-0.3, -0.25) is 10.1 Å². The maximum atomic E-state index is 12.3. The third-order valence-corrected chi connectivity index (χ3v) is 4.21. The van der Waals surface area contributed by atoms with E-state index in [-0.39, 0.29) is 10.1 Å². The number of nitrogens with one attached hydrogen (secondary N) is 2. The molecule has 7 heteroatoms. The molecule has 0 saturated heterocycles. The first-order valence-electron chi connectivity index (χ1n) is 8.15. The van der Waals surface area contributed by atoms with Gasteiger partial charge >= 0.3 is 0 Å². The van der Waals surface area contributed by atoms with Crippen LogP contribution in [0.15, 0.2) is 42.5 Å². The molecule has 0 fully saturated rings. The normalized spacial score (nSPS) is 10.5. The number of carbonyl (C=O) groups excluding carboxylic acids is 1. The number of hydrogen-bond acceptors (Lipinski definition) is 3. The fraction of sp³-hybridized carbons (Fsp3) is 0.263. The smallest absolute Gasteiger partial charge is 0.258 e. The van der Waals surface area contributed by atoms with E-state index in [1.807, 2.05) is 24.3 Å². The second-order valence-corrected chi connectivity index (χ2v) is 7.34. The van der Waals surface area contributed by atoms with Crippen molar-refractivity contribution in [1.82, 2.24) is 5.32 Å². The first-order chi connectivity index (χ1) is 12.3. The molecular formula is C19H20Cl2N2O2S. The van der Waals surface area contributed by atoms with Crippen LogP contribution in [0.25, 0.3) is 0 Å². The SMILES string of the molecule is CC(C)CCOc1cccc(NC(=S)NC(=O)c2ccc(Cl)cc2Cl)c1. The Bertz CT molecular complexity index is 797. The lowest BCUT2D eigenvalue weighted by Crippen LogP contribution is -2.34. The van der Waals surface area contributed by atoms with Crippen molar-refractivity contribution in [1.29, 1.82) is 0 Å². The molecule has 0 bridgehead atoms. The van der Waals surface area contributed by atoms with Crippen LogP contribution in [0, 0.1) is 5.92 Å². The Balaban J connectivity index is 1.93. The van der Waals surface area contributed by atoms with Gasteiger partial charge in [-0.15, -0.1) is 0 Å². The van der Waals surface area contributed by atoms with Gasteiger partial charge in [0.1, 0.15) is 5.75 Å². The third-order valence-electron chi connectivity index (χ3n) is 3.46. The molecule has 0 aliphatic rings. The lowest BCUT2D eigenvalue weighted by Gasteiger charge is -2.12. The maximum Gasteiger partial charge on any atom is 0.258 e. The Hall–Kier alpha value is -1.82. The van der Waals surface area contributed by atoms with Gasteiger partial charge < -0.3 is 10.1 Å². The molecule has 0 spiro atoms. The highest BCUT2D eigenvalue weighted by molar-refractivity contribution is 7.80. The van der Waals surface area contributed by atoms with Gasteiger partial charge in [0.05, 0.1) is 17.2 Å². The minimum absolute atomic E-state index is 0.167. The van der Waals surface area contributed by atoms with Gasteiger partial charge in [0.2, 0.25) is 0 Å². The lowest BCUT2D eigenvalue weighted by molar-refractivity contribution is 0.0978. The molecule has 26 heavy (non-hydrogen) atoms. The molecule has 0 atom stereocenters. The molecular weight excluding hydrogens is 391 g/mol. The number of benzene rings is 2.